The van der Waals surface area contributed by atoms with Crippen molar-refractivity contribution in [3.63, 3.8) is 0 Å². The number of rotatable bonds is 5. The average molecular weight is 343 g/mol. The molecule has 0 aliphatic heterocycles. The van der Waals surface area contributed by atoms with Gasteiger partial charge in [0.2, 0.25) is 0 Å². The summed E-state index contributed by atoms with van der Waals surface area (Å²) in [6, 6.07) is 17.4. The van der Waals surface area contributed by atoms with Gasteiger partial charge in [-0.2, -0.15) is 0 Å². The van der Waals surface area contributed by atoms with Crippen LogP contribution in [0.25, 0.3) is 22.3 Å². The zero-order valence-electron chi connectivity index (χ0n) is 14.0. The van der Waals surface area contributed by atoms with Crippen molar-refractivity contribution in [2.45, 2.75) is 13.0 Å². The molecule has 5 nitrogen and oxygen atoms in total. The number of hydrogen-bond acceptors (Lipinski definition) is 3. The molecule has 0 radical (unpaired) electrons. The Balaban J connectivity index is 1.61. The van der Waals surface area contributed by atoms with E-state index in [-0.39, 0.29) is 5.56 Å². The van der Waals surface area contributed by atoms with Crippen molar-refractivity contribution in [1.29, 1.82) is 0 Å². The molecule has 0 unspecified atom stereocenters. The Morgan fingerprint density at radius 1 is 1.00 bits per heavy atom. The summed E-state index contributed by atoms with van der Waals surface area (Å²) in [5.74, 6) is -0.971. The second-order valence-electron chi connectivity index (χ2n) is 6.11. The molecule has 0 aliphatic carbocycles. The SMILES string of the molecule is O=C(O)c1ccnc(-c2cc3ccn(CCc4ccccc4)c3cn2)c1. The number of aromatic carboxylic acids is 1. The smallest absolute Gasteiger partial charge is 0.335 e. The first-order valence-corrected chi connectivity index (χ1v) is 8.39. The van der Waals surface area contributed by atoms with Gasteiger partial charge < -0.3 is 9.67 Å². The van der Waals surface area contributed by atoms with E-state index in [0.29, 0.717) is 11.4 Å². The molecule has 0 amide bonds. The van der Waals surface area contributed by atoms with Crippen LogP contribution in [0.3, 0.4) is 0 Å². The standard InChI is InChI=1S/C21H17N3O2/c25-21(26)17-6-9-22-18(13-17)19-12-16-8-11-24(20(16)14-23-19)10-7-15-4-2-1-3-5-15/h1-6,8-9,11-14H,7,10H2,(H,25,26). The Labute approximate surface area is 150 Å². The lowest BCUT2D eigenvalue weighted by molar-refractivity contribution is 0.0697. The molecule has 0 bridgehead atoms. The number of benzene rings is 1. The number of aryl methyl sites for hydroxylation is 2. The molecule has 0 fully saturated rings. The lowest BCUT2D eigenvalue weighted by Gasteiger charge is -2.06. The second kappa shape index (κ2) is 6.80. The van der Waals surface area contributed by atoms with Crippen molar-refractivity contribution < 1.29 is 9.90 Å². The Morgan fingerprint density at radius 3 is 2.62 bits per heavy atom. The number of carboxylic acids is 1. The van der Waals surface area contributed by atoms with Gasteiger partial charge in [0.25, 0.3) is 0 Å². The summed E-state index contributed by atoms with van der Waals surface area (Å²) >= 11 is 0. The fourth-order valence-corrected chi connectivity index (χ4v) is 3.02. The minimum absolute atomic E-state index is 0.206. The Bertz CT molecular complexity index is 1070. The van der Waals surface area contributed by atoms with Crippen LogP contribution in [0.2, 0.25) is 0 Å². The minimum Gasteiger partial charge on any atom is -0.478 e. The molecule has 128 valence electrons. The van der Waals surface area contributed by atoms with Crippen LogP contribution >= 0.6 is 0 Å². The van der Waals surface area contributed by atoms with Gasteiger partial charge in [0.15, 0.2) is 0 Å². The van der Waals surface area contributed by atoms with Gasteiger partial charge >= 0.3 is 5.97 Å². The van der Waals surface area contributed by atoms with Crippen LogP contribution in [0.15, 0.2) is 73.2 Å². The number of carbonyl (C=O) groups is 1. The van der Waals surface area contributed by atoms with E-state index in [0.717, 1.165) is 23.9 Å². The van der Waals surface area contributed by atoms with Crippen LogP contribution in [0.5, 0.6) is 0 Å². The van der Waals surface area contributed by atoms with Gasteiger partial charge in [-0.05, 0) is 36.2 Å². The highest BCUT2D eigenvalue weighted by atomic mass is 16.4. The van der Waals surface area contributed by atoms with E-state index in [4.69, 9.17) is 5.11 Å². The average Bonchev–Trinajstić information content (AvgIpc) is 3.09. The van der Waals surface area contributed by atoms with Gasteiger partial charge in [0.05, 0.1) is 28.7 Å². The number of nitrogens with zero attached hydrogens (tertiary/aromatic N) is 3. The van der Waals surface area contributed by atoms with E-state index in [9.17, 15) is 4.79 Å². The molecule has 0 saturated carbocycles. The lowest BCUT2D eigenvalue weighted by atomic mass is 10.1. The van der Waals surface area contributed by atoms with Gasteiger partial charge in [-0.1, -0.05) is 30.3 Å². The lowest BCUT2D eigenvalue weighted by Crippen LogP contribution is -2.00. The van der Waals surface area contributed by atoms with E-state index in [1.165, 1.54) is 17.8 Å². The third-order valence-corrected chi connectivity index (χ3v) is 4.41. The van der Waals surface area contributed by atoms with Crippen molar-refractivity contribution in [2.75, 3.05) is 0 Å². The van der Waals surface area contributed by atoms with Crippen LogP contribution in [-0.2, 0) is 13.0 Å². The van der Waals surface area contributed by atoms with Crippen LogP contribution in [0.4, 0.5) is 0 Å². The van der Waals surface area contributed by atoms with E-state index >= 15 is 0 Å². The number of aromatic nitrogens is 3. The zero-order valence-corrected chi connectivity index (χ0v) is 14.0. The van der Waals surface area contributed by atoms with Gasteiger partial charge in [-0.3, -0.25) is 9.97 Å². The molecule has 0 spiro atoms. The Hall–Kier alpha value is -3.47. The molecule has 4 rings (SSSR count). The molecule has 1 N–H and O–H groups in total. The molecule has 0 atom stereocenters. The summed E-state index contributed by atoms with van der Waals surface area (Å²) in [6.07, 6.45) is 6.33. The summed E-state index contributed by atoms with van der Waals surface area (Å²) in [4.78, 5) is 19.9. The van der Waals surface area contributed by atoms with Crippen LogP contribution in [-0.4, -0.2) is 25.6 Å². The van der Waals surface area contributed by atoms with Gasteiger partial charge in [0, 0.05) is 24.3 Å². The Morgan fingerprint density at radius 2 is 1.81 bits per heavy atom. The second-order valence-corrected chi connectivity index (χ2v) is 6.11. The number of carboxylic acid groups (broad SMARTS) is 1. The molecular formula is C21H17N3O2. The quantitative estimate of drug-likeness (QED) is 0.594. The summed E-state index contributed by atoms with van der Waals surface area (Å²) < 4.78 is 2.18. The minimum atomic E-state index is -0.971. The molecular weight excluding hydrogens is 326 g/mol. The number of fused-ring (bicyclic) bond motifs is 1. The van der Waals surface area contributed by atoms with E-state index < -0.39 is 5.97 Å². The van der Waals surface area contributed by atoms with Crippen LogP contribution < -0.4 is 0 Å². The predicted molar refractivity (Wildman–Crippen MR) is 100 cm³/mol. The van der Waals surface area contributed by atoms with E-state index in [1.807, 2.05) is 24.4 Å². The summed E-state index contributed by atoms with van der Waals surface area (Å²) in [7, 11) is 0. The number of hydrogen-bond donors (Lipinski definition) is 1. The molecule has 5 heteroatoms. The first kappa shape index (κ1) is 16.0. The van der Waals surface area contributed by atoms with Crippen LogP contribution in [0, 0.1) is 0 Å². The monoisotopic (exact) mass is 343 g/mol. The third kappa shape index (κ3) is 3.19. The first-order chi connectivity index (χ1) is 12.7. The summed E-state index contributed by atoms with van der Waals surface area (Å²) in [6.45, 7) is 0.876. The maximum Gasteiger partial charge on any atom is 0.335 e. The summed E-state index contributed by atoms with van der Waals surface area (Å²) in [5, 5.41) is 10.2. The molecule has 3 heterocycles. The number of pyridine rings is 2. The highest BCUT2D eigenvalue weighted by molar-refractivity contribution is 5.89. The molecule has 4 aromatic rings. The van der Waals surface area contributed by atoms with Crippen molar-refractivity contribution in [3.05, 3.63) is 84.3 Å². The third-order valence-electron chi connectivity index (χ3n) is 4.41. The largest absolute Gasteiger partial charge is 0.478 e. The van der Waals surface area contributed by atoms with Crippen molar-refractivity contribution >= 4 is 16.9 Å². The highest BCUT2D eigenvalue weighted by Gasteiger charge is 2.09. The molecule has 0 aliphatic rings. The van der Waals surface area contributed by atoms with Crippen LogP contribution in [0.1, 0.15) is 15.9 Å². The van der Waals surface area contributed by atoms with Crippen molar-refractivity contribution in [3.8, 4) is 11.4 Å². The molecule has 0 saturated heterocycles. The fraction of sp³-hybridized carbons (Fsp3) is 0.0952. The maximum atomic E-state index is 11.1. The van der Waals surface area contributed by atoms with Gasteiger partial charge in [-0.15, -0.1) is 0 Å². The van der Waals surface area contributed by atoms with E-state index in [2.05, 4.69) is 45.0 Å². The van der Waals surface area contributed by atoms with E-state index in [1.54, 1.807) is 6.07 Å². The Kier molecular flexibility index (Phi) is 4.19. The molecule has 3 aromatic heterocycles. The van der Waals surface area contributed by atoms with Gasteiger partial charge in [-0.25, -0.2) is 4.79 Å². The normalized spacial score (nSPS) is 10.9. The predicted octanol–water partition coefficient (Wildman–Crippen LogP) is 4.04. The highest BCUT2D eigenvalue weighted by Crippen LogP contribution is 2.22. The topological polar surface area (TPSA) is 68.0 Å². The fourth-order valence-electron chi connectivity index (χ4n) is 3.02. The summed E-state index contributed by atoms with van der Waals surface area (Å²) in [5.41, 5.74) is 3.79. The maximum absolute atomic E-state index is 11.1. The first-order valence-electron chi connectivity index (χ1n) is 8.39. The zero-order chi connectivity index (χ0) is 17.9. The van der Waals surface area contributed by atoms with Gasteiger partial charge in [0.1, 0.15) is 0 Å². The molecule has 26 heavy (non-hydrogen) atoms. The van der Waals surface area contributed by atoms with Crippen molar-refractivity contribution in [2.24, 2.45) is 0 Å². The van der Waals surface area contributed by atoms with Crippen molar-refractivity contribution in [1.82, 2.24) is 14.5 Å². The molecule has 1 aromatic carbocycles.